The third-order valence-corrected chi connectivity index (χ3v) is 7.73. The Kier molecular flexibility index (Phi) is 6.40. The van der Waals surface area contributed by atoms with Gasteiger partial charge in [0.2, 0.25) is 11.8 Å². The molecule has 2 aromatic rings. The van der Waals surface area contributed by atoms with Crippen molar-refractivity contribution in [3.63, 3.8) is 0 Å². The number of para-hydroxylation sites is 1. The van der Waals surface area contributed by atoms with Crippen LogP contribution in [0, 0.1) is 0 Å². The first-order valence-corrected chi connectivity index (χ1v) is 12.3. The monoisotopic (exact) mass is 452 g/mol. The maximum Gasteiger partial charge on any atom is 0.237 e. The van der Waals surface area contributed by atoms with E-state index in [-0.39, 0.29) is 29.9 Å². The summed E-state index contributed by atoms with van der Waals surface area (Å²) in [6.07, 6.45) is 4.37. The van der Waals surface area contributed by atoms with Crippen LogP contribution in [-0.4, -0.2) is 95.5 Å². The summed E-state index contributed by atoms with van der Waals surface area (Å²) in [7, 11) is 4.19. The Balaban J connectivity index is 1.17. The van der Waals surface area contributed by atoms with E-state index in [0.29, 0.717) is 13.0 Å². The van der Waals surface area contributed by atoms with Crippen molar-refractivity contribution in [3.05, 3.63) is 36.0 Å². The van der Waals surface area contributed by atoms with E-state index in [1.54, 1.807) is 0 Å². The smallest absolute Gasteiger partial charge is 0.237 e. The van der Waals surface area contributed by atoms with Gasteiger partial charge in [-0.3, -0.25) is 14.5 Å². The zero-order valence-corrected chi connectivity index (χ0v) is 19.8. The summed E-state index contributed by atoms with van der Waals surface area (Å²) in [5.41, 5.74) is 2.53. The van der Waals surface area contributed by atoms with Crippen LogP contribution in [0.2, 0.25) is 0 Å². The fourth-order valence-electron chi connectivity index (χ4n) is 5.72. The van der Waals surface area contributed by atoms with Gasteiger partial charge in [0.25, 0.3) is 0 Å². The fourth-order valence-corrected chi connectivity index (χ4v) is 5.72. The molecule has 2 amide bonds. The molecule has 0 bridgehead atoms. The van der Waals surface area contributed by atoms with Gasteiger partial charge in [-0.05, 0) is 31.5 Å². The van der Waals surface area contributed by atoms with Crippen molar-refractivity contribution in [3.8, 4) is 0 Å². The van der Waals surface area contributed by atoms with Crippen molar-refractivity contribution in [1.82, 2.24) is 29.9 Å². The normalized spacial score (nSPS) is 26.5. The van der Waals surface area contributed by atoms with E-state index in [9.17, 15) is 9.59 Å². The first-order chi connectivity index (χ1) is 16.0. The Morgan fingerprint density at radius 1 is 1.15 bits per heavy atom. The molecule has 3 fully saturated rings. The zero-order chi connectivity index (χ0) is 22.9. The van der Waals surface area contributed by atoms with Crippen molar-refractivity contribution < 1.29 is 9.59 Å². The van der Waals surface area contributed by atoms with Gasteiger partial charge in [0.05, 0.1) is 6.04 Å². The molecule has 1 aromatic carbocycles. The van der Waals surface area contributed by atoms with E-state index in [4.69, 9.17) is 0 Å². The highest BCUT2D eigenvalue weighted by molar-refractivity contribution is 5.84. The number of piperazine rings is 2. The Hall–Kier alpha value is -2.42. The lowest BCUT2D eigenvalue weighted by Crippen LogP contribution is -2.58. The molecule has 3 saturated heterocycles. The predicted octanol–water partition coefficient (Wildman–Crippen LogP) is 0.763. The highest BCUT2D eigenvalue weighted by Gasteiger charge is 2.43. The number of fused-ring (bicyclic) bond motifs is 2. The maximum absolute atomic E-state index is 12.7. The van der Waals surface area contributed by atoms with Crippen LogP contribution < -0.4 is 10.6 Å². The second kappa shape index (κ2) is 9.44. The SMILES string of the molecule is CN1CCN(C(=O)CC[C@@H]2CNC(=O)[C@@H]3C[C@H](NCc4cn(C)c5ccccc45)CN23)CC1. The molecule has 0 unspecified atom stereocenters. The number of hydrogen-bond donors (Lipinski definition) is 2. The number of likely N-dealkylation sites (N-methyl/N-ethyl adjacent to an activating group) is 1. The van der Waals surface area contributed by atoms with Crippen LogP contribution in [0.5, 0.6) is 0 Å². The van der Waals surface area contributed by atoms with E-state index >= 15 is 0 Å². The second-order valence-corrected chi connectivity index (χ2v) is 9.93. The topological polar surface area (TPSA) is 72.8 Å². The van der Waals surface area contributed by atoms with Gasteiger partial charge in [-0.15, -0.1) is 0 Å². The number of aryl methyl sites for hydroxylation is 1. The summed E-state index contributed by atoms with van der Waals surface area (Å²) in [6, 6.07) is 8.88. The molecular weight excluding hydrogens is 416 g/mol. The number of nitrogens with zero attached hydrogens (tertiary/aromatic N) is 4. The largest absolute Gasteiger partial charge is 0.353 e. The third-order valence-electron chi connectivity index (χ3n) is 7.73. The van der Waals surface area contributed by atoms with Crippen LogP contribution in [-0.2, 0) is 23.2 Å². The molecule has 0 saturated carbocycles. The van der Waals surface area contributed by atoms with Crippen LogP contribution in [0.1, 0.15) is 24.8 Å². The summed E-state index contributed by atoms with van der Waals surface area (Å²) < 4.78 is 2.17. The molecule has 0 spiro atoms. The molecular formula is C25H36N6O2. The number of benzene rings is 1. The molecule has 0 radical (unpaired) electrons. The summed E-state index contributed by atoms with van der Waals surface area (Å²) in [5, 5.41) is 8.08. The highest BCUT2D eigenvalue weighted by atomic mass is 16.2. The van der Waals surface area contributed by atoms with E-state index in [0.717, 1.165) is 52.1 Å². The van der Waals surface area contributed by atoms with E-state index in [1.165, 1.54) is 16.5 Å². The fraction of sp³-hybridized carbons (Fsp3) is 0.600. The molecule has 0 aliphatic carbocycles. The van der Waals surface area contributed by atoms with Crippen LogP contribution in [0.3, 0.4) is 0 Å². The number of nitrogens with one attached hydrogen (secondary N) is 2. The molecule has 3 atom stereocenters. The van der Waals surface area contributed by atoms with Gasteiger partial charge < -0.3 is 25.0 Å². The number of amides is 2. The summed E-state index contributed by atoms with van der Waals surface area (Å²) in [4.78, 5) is 31.9. The van der Waals surface area contributed by atoms with Gasteiger partial charge in [-0.2, -0.15) is 0 Å². The first kappa shape index (κ1) is 22.4. The number of carbonyl (C=O) groups excluding carboxylic acids is 2. The number of carbonyl (C=O) groups is 2. The minimum absolute atomic E-state index is 0.0903. The molecule has 3 aliphatic rings. The Labute approximate surface area is 195 Å². The third kappa shape index (κ3) is 4.65. The van der Waals surface area contributed by atoms with Gasteiger partial charge >= 0.3 is 0 Å². The lowest BCUT2D eigenvalue weighted by molar-refractivity contribution is -0.133. The predicted molar refractivity (Wildman–Crippen MR) is 129 cm³/mol. The minimum atomic E-state index is -0.0903. The Morgan fingerprint density at radius 3 is 2.76 bits per heavy atom. The maximum atomic E-state index is 12.7. The standard InChI is InChI=1S/C25H36N6O2/c1-28-9-11-30(12-10-28)24(32)8-7-20-15-27-25(33)23-13-19(17-31(20)23)26-14-18-16-29(2)22-6-4-3-5-21(18)22/h3-6,16,19-20,23,26H,7-15,17H2,1-2H3,(H,27,33)/t19-,20+,23-/m0/s1. The number of aromatic nitrogens is 1. The van der Waals surface area contributed by atoms with Crippen molar-refractivity contribution in [2.45, 2.75) is 43.9 Å². The Morgan fingerprint density at radius 2 is 1.94 bits per heavy atom. The number of hydrogen-bond acceptors (Lipinski definition) is 5. The molecule has 3 aliphatic heterocycles. The van der Waals surface area contributed by atoms with E-state index in [2.05, 4.69) is 69.6 Å². The highest BCUT2D eigenvalue weighted by Crippen LogP contribution is 2.27. The molecule has 8 heteroatoms. The molecule has 178 valence electrons. The van der Waals surface area contributed by atoms with Gasteiger partial charge in [-0.25, -0.2) is 0 Å². The van der Waals surface area contributed by atoms with E-state index in [1.807, 2.05) is 4.90 Å². The minimum Gasteiger partial charge on any atom is -0.353 e. The van der Waals surface area contributed by atoms with Crippen LogP contribution in [0.15, 0.2) is 30.5 Å². The van der Waals surface area contributed by atoms with Gasteiger partial charge in [0, 0.05) is 88.5 Å². The molecule has 33 heavy (non-hydrogen) atoms. The summed E-state index contributed by atoms with van der Waals surface area (Å²) >= 11 is 0. The average molecular weight is 453 g/mol. The second-order valence-electron chi connectivity index (χ2n) is 9.93. The van der Waals surface area contributed by atoms with Crippen LogP contribution in [0.4, 0.5) is 0 Å². The van der Waals surface area contributed by atoms with Crippen molar-refractivity contribution >= 4 is 22.7 Å². The molecule has 5 rings (SSSR count). The van der Waals surface area contributed by atoms with E-state index < -0.39 is 0 Å². The van der Waals surface area contributed by atoms with Crippen molar-refractivity contribution in [1.29, 1.82) is 0 Å². The Bertz CT molecular complexity index is 1010. The average Bonchev–Trinajstić information content (AvgIpc) is 3.40. The lowest BCUT2D eigenvalue weighted by Gasteiger charge is -2.38. The molecule has 4 heterocycles. The van der Waals surface area contributed by atoms with Crippen LogP contribution >= 0.6 is 0 Å². The lowest BCUT2D eigenvalue weighted by atomic mass is 10.0. The summed E-state index contributed by atoms with van der Waals surface area (Å²) in [6.45, 7) is 5.83. The number of rotatable bonds is 6. The quantitative estimate of drug-likeness (QED) is 0.677. The van der Waals surface area contributed by atoms with Gasteiger partial charge in [0.1, 0.15) is 0 Å². The van der Waals surface area contributed by atoms with Crippen molar-refractivity contribution in [2.75, 3.05) is 46.3 Å². The molecule has 1 aromatic heterocycles. The molecule has 8 nitrogen and oxygen atoms in total. The van der Waals surface area contributed by atoms with Gasteiger partial charge in [0.15, 0.2) is 0 Å². The first-order valence-electron chi connectivity index (χ1n) is 12.3. The van der Waals surface area contributed by atoms with Crippen molar-refractivity contribution in [2.24, 2.45) is 7.05 Å². The zero-order valence-electron chi connectivity index (χ0n) is 19.8. The molecule has 2 N–H and O–H groups in total. The summed E-state index contributed by atoms with van der Waals surface area (Å²) in [5.74, 6) is 0.382. The van der Waals surface area contributed by atoms with Crippen LogP contribution in [0.25, 0.3) is 10.9 Å². The van der Waals surface area contributed by atoms with Gasteiger partial charge in [-0.1, -0.05) is 18.2 Å².